The molecule has 3 rings (SSSR count). The summed E-state index contributed by atoms with van der Waals surface area (Å²) in [7, 11) is 1.60. The highest BCUT2D eigenvalue weighted by atomic mass is 16.5. The average molecular weight is 494 g/mol. The molecule has 9 nitrogen and oxygen atoms in total. The number of ether oxygens (including phenoxy) is 1. The van der Waals surface area contributed by atoms with Gasteiger partial charge in [0.1, 0.15) is 12.1 Å². The lowest BCUT2D eigenvalue weighted by atomic mass is 9.87. The van der Waals surface area contributed by atoms with Crippen molar-refractivity contribution in [3.05, 3.63) is 59.9 Å². The molecule has 0 saturated carbocycles. The van der Waals surface area contributed by atoms with E-state index in [9.17, 15) is 20.0 Å². The number of β-amino-alcohol motifs (C(OH)–C–C–N with tert-alkyl or cyclic N) is 1. The van der Waals surface area contributed by atoms with Crippen molar-refractivity contribution in [1.82, 2.24) is 15.2 Å². The lowest BCUT2D eigenvalue weighted by Gasteiger charge is -2.34. The molecule has 2 aromatic rings. The maximum absolute atomic E-state index is 14.0. The molecule has 2 heterocycles. The van der Waals surface area contributed by atoms with Crippen molar-refractivity contribution in [2.24, 2.45) is 0 Å². The van der Waals surface area contributed by atoms with E-state index in [0.717, 1.165) is 5.56 Å². The molecule has 36 heavy (non-hydrogen) atoms. The van der Waals surface area contributed by atoms with Crippen LogP contribution in [0.1, 0.15) is 50.8 Å². The Morgan fingerprint density at radius 1 is 1.31 bits per heavy atom. The number of hydrogen-bond acceptors (Lipinski definition) is 7. The number of benzene rings is 1. The molecular weight excluding hydrogens is 458 g/mol. The van der Waals surface area contributed by atoms with E-state index in [1.54, 1.807) is 31.6 Å². The first-order valence-corrected chi connectivity index (χ1v) is 12.1. The number of carbonyl (C=O) groups excluding carboxylic acids is 2. The van der Waals surface area contributed by atoms with Crippen LogP contribution in [0.2, 0.25) is 0 Å². The summed E-state index contributed by atoms with van der Waals surface area (Å²) in [6, 6.07) is 9.09. The minimum Gasteiger partial charge on any atom is -0.391 e. The van der Waals surface area contributed by atoms with E-state index in [0.29, 0.717) is 30.8 Å². The molecule has 2 N–H and O–H groups in total. The molecule has 0 aliphatic carbocycles. The first-order valence-electron chi connectivity index (χ1n) is 12.1. The molecule has 1 aliphatic heterocycles. The Morgan fingerprint density at radius 2 is 2.03 bits per heavy atom. The number of rotatable bonds is 9. The van der Waals surface area contributed by atoms with Gasteiger partial charge in [-0.05, 0) is 35.6 Å². The Hall–Kier alpha value is -3.48. The Balaban J connectivity index is 2.08. The minimum atomic E-state index is -1.02. The zero-order chi connectivity index (χ0) is 26.3. The van der Waals surface area contributed by atoms with Gasteiger partial charge in [0, 0.05) is 50.3 Å². The molecule has 0 spiro atoms. The fraction of sp³-hybridized carbons (Fsp3) is 0.481. The second-order valence-electron chi connectivity index (χ2n) is 9.99. The maximum Gasteiger partial charge on any atom is 0.251 e. The van der Waals surface area contributed by atoms with E-state index in [2.05, 4.69) is 31.1 Å². The number of aliphatic hydroxyl groups excluding tert-OH is 1. The van der Waals surface area contributed by atoms with Crippen molar-refractivity contribution in [2.75, 3.05) is 31.7 Å². The number of pyridine rings is 1. The van der Waals surface area contributed by atoms with Gasteiger partial charge in [0.25, 0.3) is 5.91 Å². The predicted molar refractivity (Wildman–Crippen MR) is 136 cm³/mol. The molecule has 1 aromatic carbocycles. The van der Waals surface area contributed by atoms with Gasteiger partial charge >= 0.3 is 0 Å². The standard InChI is InChI=1S/C27H35N5O4/c1-27(2,3)20-8-10-21(11-9-20)32(26(35)23-15-22(33)17-31(23)18-28)24(19-7-5-12-29-16-19)25(34)30-13-6-14-36-4/h5,7-12,16,22-24,33H,6,13-15,17H2,1-4H3,(H,30,34)/t22-,23-,24?/m1/s1. The molecule has 2 amide bonds. The van der Waals surface area contributed by atoms with Crippen molar-refractivity contribution in [2.45, 2.75) is 57.2 Å². The average Bonchev–Trinajstić information content (AvgIpc) is 3.25. The van der Waals surface area contributed by atoms with Crippen LogP contribution in [0.5, 0.6) is 0 Å². The van der Waals surface area contributed by atoms with Gasteiger partial charge in [-0.1, -0.05) is 39.0 Å². The van der Waals surface area contributed by atoms with Gasteiger partial charge in [0.05, 0.1) is 12.6 Å². The topological polar surface area (TPSA) is 119 Å². The summed E-state index contributed by atoms with van der Waals surface area (Å²) in [6.07, 6.45) is 5.11. The van der Waals surface area contributed by atoms with Crippen molar-refractivity contribution >= 4 is 17.5 Å². The molecule has 0 bridgehead atoms. The number of carbonyl (C=O) groups is 2. The number of hydrogen-bond donors (Lipinski definition) is 2. The fourth-order valence-corrected chi connectivity index (χ4v) is 4.32. The van der Waals surface area contributed by atoms with E-state index < -0.39 is 24.1 Å². The summed E-state index contributed by atoms with van der Waals surface area (Å²) < 4.78 is 5.08. The monoisotopic (exact) mass is 493 g/mol. The molecule has 192 valence electrons. The fourth-order valence-electron chi connectivity index (χ4n) is 4.32. The van der Waals surface area contributed by atoms with Gasteiger partial charge in [-0.15, -0.1) is 0 Å². The highest BCUT2D eigenvalue weighted by molar-refractivity contribution is 6.04. The number of anilines is 1. The summed E-state index contributed by atoms with van der Waals surface area (Å²) in [5.41, 5.74) is 2.04. The minimum absolute atomic E-state index is 0.0739. The molecule has 1 aliphatic rings. The molecule has 9 heteroatoms. The third-order valence-corrected chi connectivity index (χ3v) is 6.27. The maximum atomic E-state index is 14.0. The number of aliphatic hydroxyl groups is 1. The van der Waals surface area contributed by atoms with E-state index in [1.807, 2.05) is 30.5 Å². The summed E-state index contributed by atoms with van der Waals surface area (Å²) in [5, 5.41) is 22.7. The van der Waals surface area contributed by atoms with Crippen LogP contribution in [0.4, 0.5) is 5.69 Å². The Labute approximate surface area is 212 Å². The Bertz CT molecular complexity index is 1060. The van der Waals surface area contributed by atoms with Crippen LogP contribution in [0.3, 0.4) is 0 Å². The van der Waals surface area contributed by atoms with Crippen LogP contribution in [0, 0.1) is 11.5 Å². The van der Waals surface area contributed by atoms with Gasteiger partial charge < -0.3 is 15.2 Å². The van der Waals surface area contributed by atoms with E-state index >= 15 is 0 Å². The molecular formula is C27H35N5O4. The molecule has 1 saturated heterocycles. The summed E-state index contributed by atoms with van der Waals surface area (Å²) in [4.78, 5) is 34.5. The second kappa shape index (κ2) is 12.0. The zero-order valence-corrected chi connectivity index (χ0v) is 21.3. The van der Waals surface area contributed by atoms with Crippen molar-refractivity contribution < 1.29 is 19.4 Å². The number of aromatic nitrogens is 1. The molecule has 0 radical (unpaired) electrons. The highest BCUT2D eigenvalue weighted by Crippen LogP contribution is 2.33. The lowest BCUT2D eigenvalue weighted by molar-refractivity contribution is -0.128. The number of likely N-dealkylation sites (tertiary alicyclic amines) is 1. The van der Waals surface area contributed by atoms with E-state index in [4.69, 9.17) is 4.74 Å². The summed E-state index contributed by atoms with van der Waals surface area (Å²) in [6.45, 7) is 7.24. The van der Waals surface area contributed by atoms with Gasteiger partial charge in [-0.2, -0.15) is 5.26 Å². The summed E-state index contributed by atoms with van der Waals surface area (Å²) >= 11 is 0. The van der Waals surface area contributed by atoms with Crippen molar-refractivity contribution in [3.63, 3.8) is 0 Å². The van der Waals surface area contributed by atoms with E-state index in [-0.39, 0.29) is 24.3 Å². The molecule has 1 fully saturated rings. The van der Waals surface area contributed by atoms with Gasteiger partial charge in [-0.25, -0.2) is 0 Å². The lowest BCUT2D eigenvalue weighted by Crippen LogP contribution is -2.50. The van der Waals surface area contributed by atoms with Gasteiger partial charge in [-0.3, -0.25) is 24.4 Å². The molecule has 1 unspecified atom stereocenters. The number of nitrogens with zero attached hydrogens (tertiary/aromatic N) is 4. The largest absolute Gasteiger partial charge is 0.391 e. The van der Waals surface area contributed by atoms with Crippen LogP contribution < -0.4 is 10.2 Å². The summed E-state index contributed by atoms with van der Waals surface area (Å²) in [5.74, 6) is -0.799. The predicted octanol–water partition coefficient (Wildman–Crippen LogP) is 2.52. The Kier molecular flexibility index (Phi) is 9.02. The SMILES string of the molecule is COCCCNC(=O)C(c1cccnc1)N(C(=O)[C@H]1C[C@@H](O)CN1C#N)c1ccc(C(C)(C)C)cc1. The number of nitrogens with one attached hydrogen (secondary N) is 1. The van der Waals surface area contributed by atoms with Crippen LogP contribution >= 0.6 is 0 Å². The first kappa shape index (κ1) is 27.1. The number of methoxy groups -OCH3 is 1. The second-order valence-corrected chi connectivity index (χ2v) is 9.99. The molecule has 3 atom stereocenters. The Morgan fingerprint density at radius 3 is 2.61 bits per heavy atom. The highest BCUT2D eigenvalue weighted by Gasteiger charge is 2.42. The number of nitriles is 1. The van der Waals surface area contributed by atoms with Gasteiger partial charge in [0.2, 0.25) is 5.91 Å². The third kappa shape index (κ3) is 6.39. The normalized spacial score (nSPS) is 18.4. The van der Waals surface area contributed by atoms with Crippen LogP contribution in [-0.2, 0) is 19.7 Å². The van der Waals surface area contributed by atoms with Crippen LogP contribution in [0.15, 0.2) is 48.8 Å². The van der Waals surface area contributed by atoms with Gasteiger partial charge in [0.15, 0.2) is 6.19 Å². The third-order valence-electron chi connectivity index (χ3n) is 6.27. The quantitative estimate of drug-likeness (QED) is 0.407. The smallest absolute Gasteiger partial charge is 0.251 e. The molecule has 1 aromatic heterocycles. The number of amides is 2. The van der Waals surface area contributed by atoms with E-state index in [1.165, 1.54) is 9.80 Å². The zero-order valence-electron chi connectivity index (χ0n) is 21.3. The first-order chi connectivity index (χ1) is 17.2. The van der Waals surface area contributed by atoms with Crippen molar-refractivity contribution in [1.29, 1.82) is 5.26 Å². The van der Waals surface area contributed by atoms with Crippen molar-refractivity contribution in [3.8, 4) is 6.19 Å². The van der Waals surface area contributed by atoms with Crippen LogP contribution in [-0.4, -0.2) is 65.8 Å². The van der Waals surface area contributed by atoms with Crippen LogP contribution in [0.25, 0.3) is 0 Å².